The molecule has 0 aliphatic carbocycles. The predicted molar refractivity (Wildman–Crippen MR) is 66.9 cm³/mol. The number of halogens is 5. The van der Waals surface area contributed by atoms with Crippen LogP contribution in [0.2, 0.25) is 0 Å². The number of carboxylic acids is 1. The van der Waals surface area contributed by atoms with Crippen LogP contribution in [0.25, 0.3) is 0 Å². The minimum Gasteiger partial charge on any atom is -0.478 e. The number of hydrogen-bond acceptors (Lipinski definition) is 3. The molecule has 0 radical (unpaired) electrons. The highest BCUT2D eigenvalue weighted by atomic mass is 32.2. The molecule has 9 heteroatoms. The van der Waals surface area contributed by atoms with Gasteiger partial charge in [-0.1, -0.05) is 13.8 Å². The molecule has 1 heterocycles. The summed E-state index contributed by atoms with van der Waals surface area (Å²) in [6, 6.07) is 0. The maximum Gasteiger partial charge on any atom is 0.434 e. The lowest BCUT2D eigenvalue weighted by atomic mass is 10.1. The first-order valence-corrected chi connectivity index (χ1v) is 6.64. The molecule has 0 atom stereocenters. The van der Waals surface area contributed by atoms with E-state index in [-0.39, 0.29) is 15.7 Å². The largest absolute Gasteiger partial charge is 0.478 e. The van der Waals surface area contributed by atoms with Crippen molar-refractivity contribution >= 4 is 17.7 Å². The van der Waals surface area contributed by atoms with Crippen LogP contribution in [-0.4, -0.2) is 21.3 Å². The van der Waals surface area contributed by atoms with Gasteiger partial charge in [-0.25, -0.2) is 18.6 Å². The molecular formula is C12H12F5NO2S. The van der Waals surface area contributed by atoms with E-state index in [1.165, 1.54) is 0 Å². The van der Waals surface area contributed by atoms with Crippen LogP contribution in [0.5, 0.6) is 0 Å². The van der Waals surface area contributed by atoms with Crippen molar-refractivity contribution in [3.63, 3.8) is 0 Å². The van der Waals surface area contributed by atoms with Gasteiger partial charge in [0.15, 0.2) is 5.69 Å². The first kappa shape index (κ1) is 17.7. The summed E-state index contributed by atoms with van der Waals surface area (Å²) in [7, 11) is 0. The molecule has 1 aromatic heterocycles. The van der Waals surface area contributed by atoms with Crippen molar-refractivity contribution in [1.29, 1.82) is 0 Å². The molecule has 118 valence electrons. The van der Waals surface area contributed by atoms with E-state index in [2.05, 4.69) is 4.98 Å². The second-order valence-corrected chi connectivity index (χ2v) is 6.03. The molecule has 0 fully saturated rings. The summed E-state index contributed by atoms with van der Waals surface area (Å²) in [5, 5.41) is 8.74. The Morgan fingerprint density at radius 1 is 1.29 bits per heavy atom. The second kappa shape index (κ2) is 6.17. The molecule has 0 aliphatic rings. The Kier molecular flexibility index (Phi) is 5.19. The molecule has 1 N–H and O–H groups in total. The van der Waals surface area contributed by atoms with Crippen LogP contribution in [0.15, 0.2) is 4.90 Å². The first-order valence-electron chi connectivity index (χ1n) is 5.76. The van der Waals surface area contributed by atoms with Gasteiger partial charge in [-0.2, -0.15) is 13.2 Å². The lowest BCUT2D eigenvalue weighted by Gasteiger charge is -2.19. The molecule has 21 heavy (non-hydrogen) atoms. The number of aromatic carboxylic acids is 1. The van der Waals surface area contributed by atoms with Crippen LogP contribution in [0.4, 0.5) is 22.0 Å². The third kappa shape index (κ3) is 3.84. The number of aromatic nitrogens is 1. The number of thioether (sulfide) groups is 1. The lowest BCUT2D eigenvalue weighted by Crippen LogP contribution is -2.20. The Balaban J connectivity index is 3.75. The van der Waals surface area contributed by atoms with Crippen LogP contribution >= 0.6 is 11.8 Å². The fourth-order valence-electron chi connectivity index (χ4n) is 1.71. The number of nitrogens with zero attached hydrogens (tertiary/aromatic N) is 1. The van der Waals surface area contributed by atoms with Crippen LogP contribution < -0.4 is 0 Å². The van der Waals surface area contributed by atoms with E-state index >= 15 is 0 Å². The van der Waals surface area contributed by atoms with Gasteiger partial charge in [-0.15, -0.1) is 11.8 Å². The number of rotatable bonds is 4. The van der Waals surface area contributed by atoms with Crippen LogP contribution in [0.1, 0.15) is 47.6 Å². The van der Waals surface area contributed by atoms with E-state index in [0.29, 0.717) is 0 Å². The normalized spacial score (nSPS) is 12.3. The zero-order valence-electron chi connectivity index (χ0n) is 11.3. The molecule has 0 bridgehead atoms. The van der Waals surface area contributed by atoms with Crippen molar-refractivity contribution in [3.8, 4) is 0 Å². The summed E-state index contributed by atoms with van der Waals surface area (Å²) < 4.78 is 64.5. The SMILES string of the molecule is Cc1c(SC(C)C)c(C(F)F)nc(C(F)(F)F)c1C(=O)O. The number of pyridine rings is 1. The number of carbonyl (C=O) groups is 1. The monoisotopic (exact) mass is 329 g/mol. The summed E-state index contributed by atoms with van der Waals surface area (Å²) in [4.78, 5) is 13.8. The van der Waals surface area contributed by atoms with Crippen molar-refractivity contribution in [3.05, 3.63) is 22.5 Å². The van der Waals surface area contributed by atoms with Crippen LogP contribution in [0.3, 0.4) is 0 Å². The standard InChI is InChI=1S/C12H12F5NO2S/c1-4(2)21-8-5(3)6(11(19)20)9(12(15,16)17)18-7(8)10(13)14/h4,10H,1-3H3,(H,19,20). The van der Waals surface area contributed by atoms with Crippen molar-refractivity contribution in [1.82, 2.24) is 4.98 Å². The van der Waals surface area contributed by atoms with Crippen molar-refractivity contribution in [2.75, 3.05) is 0 Å². The van der Waals surface area contributed by atoms with Crippen molar-refractivity contribution in [2.24, 2.45) is 0 Å². The molecular weight excluding hydrogens is 317 g/mol. The molecule has 1 aromatic rings. The van der Waals surface area contributed by atoms with E-state index in [1.54, 1.807) is 13.8 Å². The Morgan fingerprint density at radius 3 is 2.14 bits per heavy atom. The van der Waals surface area contributed by atoms with Gasteiger partial charge >= 0.3 is 12.1 Å². The summed E-state index contributed by atoms with van der Waals surface area (Å²) in [6.45, 7) is 4.38. The molecule has 3 nitrogen and oxygen atoms in total. The van der Waals surface area contributed by atoms with Crippen molar-refractivity contribution < 1.29 is 31.9 Å². The summed E-state index contributed by atoms with van der Waals surface area (Å²) in [5.74, 6) is -1.85. The summed E-state index contributed by atoms with van der Waals surface area (Å²) in [6.07, 6.45) is -8.35. The number of carboxylic acid groups (broad SMARTS) is 1. The molecule has 0 spiro atoms. The highest BCUT2D eigenvalue weighted by molar-refractivity contribution is 8.00. The van der Waals surface area contributed by atoms with Gasteiger partial charge < -0.3 is 5.11 Å². The summed E-state index contributed by atoms with van der Waals surface area (Å²) in [5.41, 5.74) is -4.27. The zero-order chi connectivity index (χ0) is 16.5. The van der Waals surface area contributed by atoms with Gasteiger partial charge in [0.25, 0.3) is 6.43 Å². The fraction of sp³-hybridized carbons (Fsp3) is 0.500. The highest BCUT2D eigenvalue weighted by Gasteiger charge is 2.40. The van der Waals surface area contributed by atoms with E-state index in [1.807, 2.05) is 0 Å². The van der Waals surface area contributed by atoms with Crippen LogP contribution in [-0.2, 0) is 6.18 Å². The summed E-state index contributed by atoms with van der Waals surface area (Å²) >= 11 is 0.858. The third-order valence-corrected chi connectivity index (χ3v) is 3.68. The zero-order valence-corrected chi connectivity index (χ0v) is 12.1. The van der Waals surface area contributed by atoms with Gasteiger partial charge in [0.1, 0.15) is 5.69 Å². The minimum atomic E-state index is -5.12. The average Bonchev–Trinajstić information content (AvgIpc) is 2.28. The van der Waals surface area contributed by atoms with Gasteiger partial charge in [0.2, 0.25) is 0 Å². The molecule has 0 unspecified atom stereocenters. The van der Waals surface area contributed by atoms with Crippen molar-refractivity contribution in [2.45, 2.75) is 43.5 Å². The second-order valence-electron chi connectivity index (χ2n) is 4.44. The Morgan fingerprint density at radius 2 is 1.81 bits per heavy atom. The molecule has 0 saturated heterocycles. The van der Waals surface area contributed by atoms with E-state index in [4.69, 9.17) is 5.11 Å². The molecule has 1 rings (SSSR count). The molecule has 0 saturated carbocycles. The maximum absolute atomic E-state index is 13.0. The minimum absolute atomic E-state index is 0.217. The smallest absolute Gasteiger partial charge is 0.434 e. The maximum atomic E-state index is 13.0. The Labute approximate surface area is 121 Å². The predicted octanol–water partition coefficient (Wildman–Crippen LogP) is 4.55. The van der Waals surface area contributed by atoms with E-state index in [0.717, 1.165) is 18.7 Å². The van der Waals surface area contributed by atoms with Gasteiger partial charge in [-0.05, 0) is 12.5 Å². The number of hydrogen-bond donors (Lipinski definition) is 1. The van der Waals surface area contributed by atoms with E-state index < -0.39 is 35.5 Å². The number of alkyl halides is 5. The average molecular weight is 329 g/mol. The van der Waals surface area contributed by atoms with Gasteiger partial charge in [0, 0.05) is 10.1 Å². The van der Waals surface area contributed by atoms with Crippen LogP contribution in [0, 0.1) is 6.92 Å². The molecule has 0 aromatic carbocycles. The topological polar surface area (TPSA) is 50.2 Å². The quantitative estimate of drug-likeness (QED) is 0.650. The lowest BCUT2D eigenvalue weighted by molar-refractivity contribution is -0.142. The Bertz CT molecular complexity index is 558. The highest BCUT2D eigenvalue weighted by Crippen LogP contribution is 2.40. The van der Waals surface area contributed by atoms with Gasteiger partial charge in [-0.3, -0.25) is 0 Å². The molecule has 0 amide bonds. The fourth-order valence-corrected chi connectivity index (χ4v) is 2.72. The first-order chi connectivity index (χ1) is 9.46. The van der Waals surface area contributed by atoms with E-state index in [9.17, 15) is 26.7 Å². The third-order valence-electron chi connectivity index (χ3n) is 2.46. The molecule has 0 aliphatic heterocycles. The Hall–Kier alpha value is -1.38. The van der Waals surface area contributed by atoms with Gasteiger partial charge in [0.05, 0.1) is 5.56 Å².